The highest BCUT2D eigenvalue weighted by molar-refractivity contribution is 7.99. The predicted octanol–water partition coefficient (Wildman–Crippen LogP) is 3.52. The van der Waals surface area contributed by atoms with Gasteiger partial charge in [0.05, 0.1) is 9.71 Å². The van der Waals surface area contributed by atoms with Gasteiger partial charge in [-0.25, -0.2) is 0 Å². The van der Waals surface area contributed by atoms with E-state index < -0.39 is 0 Å². The van der Waals surface area contributed by atoms with Crippen LogP contribution < -0.4 is 5.32 Å². The second-order valence-corrected chi connectivity index (χ2v) is 6.70. The Kier molecular flexibility index (Phi) is 2.62. The molecule has 1 fully saturated rings. The maximum absolute atomic E-state index is 5.89. The van der Waals surface area contributed by atoms with Crippen molar-refractivity contribution < 1.29 is 0 Å². The SMILES string of the molecule is CC1(C)CSC(c2ccc(Cl)s2)N1. The van der Waals surface area contributed by atoms with E-state index in [1.165, 1.54) is 4.88 Å². The molecule has 0 amide bonds. The molecule has 0 bridgehead atoms. The summed E-state index contributed by atoms with van der Waals surface area (Å²) in [5, 5.41) is 4.01. The molecule has 0 aromatic carbocycles. The normalized spacial score (nSPS) is 26.5. The van der Waals surface area contributed by atoms with Crippen LogP contribution in [0, 0.1) is 0 Å². The molecule has 1 aromatic heterocycles. The maximum Gasteiger partial charge on any atom is 0.0932 e. The molecule has 1 atom stereocenters. The standard InChI is InChI=1S/C9H12ClNS2/c1-9(2)5-12-8(11-9)6-3-4-7(10)13-6/h3-4,8,11H,5H2,1-2H3. The largest absolute Gasteiger partial charge is 0.295 e. The minimum absolute atomic E-state index is 0.256. The second kappa shape index (κ2) is 3.46. The van der Waals surface area contributed by atoms with Gasteiger partial charge in [0.1, 0.15) is 0 Å². The van der Waals surface area contributed by atoms with E-state index in [4.69, 9.17) is 11.6 Å². The summed E-state index contributed by atoms with van der Waals surface area (Å²) < 4.78 is 0.877. The van der Waals surface area contributed by atoms with Crippen LogP contribution in [0.1, 0.15) is 24.1 Å². The Balaban J connectivity index is 2.12. The van der Waals surface area contributed by atoms with Crippen molar-refractivity contribution in [2.45, 2.75) is 24.8 Å². The van der Waals surface area contributed by atoms with E-state index in [-0.39, 0.29) is 5.54 Å². The first-order chi connectivity index (χ1) is 6.07. The van der Waals surface area contributed by atoms with Crippen molar-refractivity contribution in [2.24, 2.45) is 0 Å². The average Bonchev–Trinajstić information content (AvgIpc) is 2.56. The Labute approximate surface area is 91.9 Å². The molecule has 1 nitrogen and oxygen atoms in total. The van der Waals surface area contributed by atoms with Gasteiger partial charge in [-0.15, -0.1) is 23.1 Å². The zero-order valence-corrected chi connectivity index (χ0v) is 10.0. The van der Waals surface area contributed by atoms with E-state index in [1.54, 1.807) is 11.3 Å². The summed E-state index contributed by atoms with van der Waals surface area (Å²) in [7, 11) is 0. The number of hydrogen-bond donors (Lipinski definition) is 1. The summed E-state index contributed by atoms with van der Waals surface area (Å²) >= 11 is 9.52. The second-order valence-electron chi connectivity index (χ2n) is 3.86. The van der Waals surface area contributed by atoms with Crippen LogP contribution in [0.5, 0.6) is 0 Å². The fourth-order valence-electron chi connectivity index (χ4n) is 1.35. The molecular formula is C9H12ClNS2. The highest BCUT2D eigenvalue weighted by Crippen LogP contribution is 2.40. The fraction of sp³-hybridized carbons (Fsp3) is 0.556. The van der Waals surface area contributed by atoms with Gasteiger partial charge in [0.2, 0.25) is 0 Å². The van der Waals surface area contributed by atoms with Crippen LogP contribution in [0.2, 0.25) is 4.34 Å². The van der Waals surface area contributed by atoms with Gasteiger partial charge < -0.3 is 0 Å². The molecule has 1 saturated heterocycles. The summed E-state index contributed by atoms with van der Waals surface area (Å²) in [4.78, 5) is 1.33. The molecule has 2 heterocycles. The van der Waals surface area contributed by atoms with Crippen LogP contribution in [0.4, 0.5) is 0 Å². The zero-order valence-electron chi connectivity index (χ0n) is 7.63. The van der Waals surface area contributed by atoms with Crippen molar-refractivity contribution in [1.82, 2.24) is 5.32 Å². The van der Waals surface area contributed by atoms with Crippen molar-refractivity contribution in [1.29, 1.82) is 0 Å². The molecule has 13 heavy (non-hydrogen) atoms. The molecule has 0 spiro atoms. The molecular weight excluding hydrogens is 222 g/mol. The molecule has 1 aliphatic heterocycles. The Morgan fingerprint density at radius 1 is 1.54 bits per heavy atom. The molecule has 1 aromatic rings. The summed E-state index contributed by atoms with van der Waals surface area (Å²) in [6.45, 7) is 4.46. The van der Waals surface area contributed by atoms with Gasteiger partial charge in [0.25, 0.3) is 0 Å². The topological polar surface area (TPSA) is 12.0 Å². The smallest absolute Gasteiger partial charge is 0.0932 e. The minimum Gasteiger partial charge on any atom is -0.295 e. The van der Waals surface area contributed by atoms with Crippen molar-refractivity contribution in [2.75, 3.05) is 5.75 Å². The van der Waals surface area contributed by atoms with E-state index in [0.29, 0.717) is 5.37 Å². The third kappa shape index (κ3) is 2.21. The van der Waals surface area contributed by atoms with Gasteiger partial charge in [-0.2, -0.15) is 0 Å². The number of rotatable bonds is 1. The molecule has 1 N–H and O–H groups in total. The predicted molar refractivity (Wildman–Crippen MR) is 61.7 cm³/mol. The highest BCUT2D eigenvalue weighted by Gasteiger charge is 2.31. The van der Waals surface area contributed by atoms with Crippen molar-refractivity contribution in [3.8, 4) is 0 Å². The Morgan fingerprint density at radius 2 is 2.31 bits per heavy atom. The summed E-state index contributed by atoms with van der Waals surface area (Å²) in [6.07, 6.45) is 0. The molecule has 72 valence electrons. The monoisotopic (exact) mass is 233 g/mol. The lowest BCUT2D eigenvalue weighted by atomic mass is 10.1. The van der Waals surface area contributed by atoms with Crippen LogP contribution in [0.25, 0.3) is 0 Å². The first-order valence-corrected chi connectivity index (χ1v) is 6.46. The van der Waals surface area contributed by atoms with Crippen LogP contribution in [-0.2, 0) is 0 Å². The Morgan fingerprint density at radius 3 is 2.77 bits per heavy atom. The molecule has 0 aliphatic carbocycles. The Hall–Kier alpha value is 0.300. The van der Waals surface area contributed by atoms with E-state index in [0.717, 1.165) is 10.1 Å². The van der Waals surface area contributed by atoms with Gasteiger partial charge in [-0.3, -0.25) is 5.32 Å². The van der Waals surface area contributed by atoms with Crippen LogP contribution in [-0.4, -0.2) is 11.3 Å². The van der Waals surface area contributed by atoms with Gasteiger partial charge in [0.15, 0.2) is 0 Å². The number of thioether (sulfide) groups is 1. The summed E-state index contributed by atoms with van der Waals surface area (Å²) in [5.41, 5.74) is 0.256. The van der Waals surface area contributed by atoms with Gasteiger partial charge in [0, 0.05) is 16.2 Å². The molecule has 4 heteroatoms. The third-order valence-corrected chi connectivity index (χ3v) is 5.02. The summed E-state index contributed by atoms with van der Waals surface area (Å²) in [5.74, 6) is 1.16. The lowest BCUT2D eigenvalue weighted by Gasteiger charge is -2.17. The molecule has 2 rings (SSSR count). The lowest BCUT2D eigenvalue weighted by molar-refractivity contribution is 0.454. The lowest BCUT2D eigenvalue weighted by Crippen LogP contribution is -2.35. The van der Waals surface area contributed by atoms with Crippen molar-refractivity contribution in [3.05, 3.63) is 21.3 Å². The van der Waals surface area contributed by atoms with Gasteiger partial charge in [-0.1, -0.05) is 11.6 Å². The van der Waals surface area contributed by atoms with Crippen molar-refractivity contribution in [3.63, 3.8) is 0 Å². The average molecular weight is 234 g/mol. The van der Waals surface area contributed by atoms with Crippen LogP contribution in [0.3, 0.4) is 0 Å². The molecule has 1 unspecified atom stereocenters. The quantitative estimate of drug-likeness (QED) is 0.797. The van der Waals surface area contributed by atoms with E-state index in [1.807, 2.05) is 17.8 Å². The minimum atomic E-state index is 0.256. The molecule has 1 aliphatic rings. The van der Waals surface area contributed by atoms with Crippen LogP contribution in [0.15, 0.2) is 12.1 Å². The highest BCUT2D eigenvalue weighted by atomic mass is 35.5. The first-order valence-electron chi connectivity index (χ1n) is 4.21. The Bertz CT molecular complexity index is 308. The first kappa shape index (κ1) is 9.84. The van der Waals surface area contributed by atoms with Gasteiger partial charge >= 0.3 is 0 Å². The summed E-state index contributed by atoms with van der Waals surface area (Å²) in [6, 6.07) is 4.08. The molecule has 0 saturated carbocycles. The number of halogens is 1. The van der Waals surface area contributed by atoms with Crippen LogP contribution >= 0.6 is 34.7 Å². The van der Waals surface area contributed by atoms with E-state index in [9.17, 15) is 0 Å². The number of hydrogen-bond acceptors (Lipinski definition) is 3. The maximum atomic E-state index is 5.89. The van der Waals surface area contributed by atoms with E-state index in [2.05, 4.69) is 25.2 Å². The van der Waals surface area contributed by atoms with Gasteiger partial charge in [-0.05, 0) is 26.0 Å². The fourth-order valence-corrected chi connectivity index (χ4v) is 4.01. The van der Waals surface area contributed by atoms with Crippen molar-refractivity contribution >= 4 is 34.7 Å². The van der Waals surface area contributed by atoms with E-state index >= 15 is 0 Å². The molecule has 0 radical (unpaired) electrons. The third-order valence-electron chi connectivity index (χ3n) is 1.99. The zero-order chi connectivity index (χ0) is 9.47. The number of thiophene rings is 1. The number of nitrogens with one attached hydrogen (secondary N) is 1.